The lowest BCUT2D eigenvalue weighted by Gasteiger charge is -2.21. The molecule has 0 aliphatic carbocycles. The minimum Gasteiger partial charge on any atom is -0.309 e. The number of hydrogen-bond donors (Lipinski definition) is 0. The Hall–Kier alpha value is -6.84. The number of para-hydroxylation sites is 6. The molecule has 11 rings (SSSR count). The number of benzene rings is 8. The molecule has 0 unspecified atom stereocenters. The van der Waals surface area contributed by atoms with Gasteiger partial charge in [0.25, 0.3) is 0 Å². The molecule has 51 heavy (non-hydrogen) atoms. The van der Waals surface area contributed by atoms with Crippen molar-refractivity contribution in [3.63, 3.8) is 0 Å². The summed E-state index contributed by atoms with van der Waals surface area (Å²) in [6.07, 6.45) is 0. The normalized spacial score (nSPS) is 11.9. The predicted molar refractivity (Wildman–Crippen MR) is 215 cm³/mol. The molecule has 3 heterocycles. The van der Waals surface area contributed by atoms with E-state index in [-0.39, 0.29) is 0 Å². The first-order valence-electron chi connectivity index (χ1n) is 17.5. The summed E-state index contributed by atoms with van der Waals surface area (Å²) >= 11 is 0. The van der Waals surface area contributed by atoms with Gasteiger partial charge in [0.05, 0.1) is 44.5 Å². The second kappa shape index (κ2) is 10.8. The summed E-state index contributed by atoms with van der Waals surface area (Å²) in [6, 6.07) is 68.5. The number of aromatic nitrogens is 3. The summed E-state index contributed by atoms with van der Waals surface area (Å²) in [4.78, 5) is 0. The summed E-state index contributed by atoms with van der Waals surface area (Å²) in [5.41, 5.74) is 12.9. The van der Waals surface area contributed by atoms with Crippen LogP contribution in [0, 0.1) is 0 Å². The van der Waals surface area contributed by atoms with Crippen molar-refractivity contribution in [2.45, 2.75) is 0 Å². The Labute approximate surface area is 294 Å². The third-order valence-corrected chi connectivity index (χ3v) is 10.6. The van der Waals surface area contributed by atoms with E-state index in [0.717, 1.165) is 22.6 Å². The largest absolute Gasteiger partial charge is 0.309 e. The van der Waals surface area contributed by atoms with Gasteiger partial charge in [-0.05, 0) is 66.2 Å². The number of nitrogens with zero attached hydrogens (tertiary/aromatic N) is 3. The summed E-state index contributed by atoms with van der Waals surface area (Å²) < 4.78 is 7.34. The van der Waals surface area contributed by atoms with Crippen LogP contribution < -0.4 is 0 Å². The molecule has 0 atom stereocenters. The summed E-state index contributed by atoms with van der Waals surface area (Å²) in [7, 11) is 0. The van der Waals surface area contributed by atoms with Crippen molar-refractivity contribution in [2.24, 2.45) is 0 Å². The van der Waals surface area contributed by atoms with E-state index in [9.17, 15) is 0 Å². The van der Waals surface area contributed by atoms with E-state index >= 15 is 0 Å². The lowest BCUT2D eigenvalue weighted by Crippen LogP contribution is -2.04. The number of rotatable bonds is 4. The molecule has 0 amide bonds. The number of hydrogen-bond acceptors (Lipinski definition) is 0. The van der Waals surface area contributed by atoms with Gasteiger partial charge in [-0.3, -0.25) is 0 Å². The molecule has 238 valence electrons. The SMILES string of the molecule is c1cc(-c2c(-n3c4ccccc4c4ccccc43)cccc2-n2c3ccccc3c3ccccc32)cc(-n2c3ccccc3c3ccccc32)c1. The van der Waals surface area contributed by atoms with E-state index < -0.39 is 0 Å². The van der Waals surface area contributed by atoms with Crippen LogP contribution in [0.25, 0.3) is 93.6 Å². The molecule has 0 N–H and O–H groups in total. The molecule has 8 aromatic carbocycles. The van der Waals surface area contributed by atoms with Crippen LogP contribution in [-0.2, 0) is 0 Å². The van der Waals surface area contributed by atoms with Gasteiger partial charge in [0, 0.05) is 43.6 Å². The van der Waals surface area contributed by atoms with E-state index in [1.807, 2.05) is 0 Å². The van der Waals surface area contributed by atoms with Gasteiger partial charge in [0.2, 0.25) is 0 Å². The van der Waals surface area contributed by atoms with Gasteiger partial charge in [0.1, 0.15) is 0 Å². The zero-order chi connectivity index (χ0) is 33.5. The molecular formula is C48H31N3. The first-order chi connectivity index (χ1) is 25.3. The minimum atomic E-state index is 1.13. The molecule has 0 saturated heterocycles. The summed E-state index contributed by atoms with van der Waals surface area (Å²) in [5, 5.41) is 7.52. The molecule has 3 aromatic heterocycles. The molecule has 0 aliphatic heterocycles. The van der Waals surface area contributed by atoms with Crippen LogP contribution in [0.1, 0.15) is 0 Å². The Bertz CT molecular complexity index is 2860. The lowest BCUT2D eigenvalue weighted by atomic mass is 9.99. The summed E-state index contributed by atoms with van der Waals surface area (Å²) in [6.45, 7) is 0. The maximum atomic E-state index is 2.46. The predicted octanol–water partition coefficient (Wildman–Crippen LogP) is 12.6. The van der Waals surface area contributed by atoms with Crippen LogP contribution in [0.5, 0.6) is 0 Å². The first kappa shape index (κ1) is 28.0. The average Bonchev–Trinajstić information content (AvgIpc) is 3.84. The molecule has 0 saturated carbocycles. The van der Waals surface area contributed by atoms with E-state index in [2.05, 4.69) is 202 Å². The monoisotopic (exact) mass is 649 g/mol. The van der Waals surface area contributed by atoms with Crippen LogP contribution in [0.15, 0.2) is 188 Å². The highest BCUT2D eigenvalue weighted by molar-refractivity contribution is 6.12. The van der Waals surface area contributed by atoms with Gasteiger partial charge in [-0.1, -0.05) is 127 Å². The topological polar surface area (TPSA) is 14.8 Å². The zero-order valence-corrected chi connectivity index (χ0v) is 27.7. The van der Waals surface area contributed by atoms with Crippen LogP contribution in [-0.4, -0.2) is 13.7 Å². The fourth-order valence-corrected chi connectivity index (χ4v) is 8.56. The highest BCUT2D eigenvalue weighted by Gasteiger charge is 2.22. The van der Waals surface area contributed by atoms with Gasteiger partial charge >= 0.3 is 0 Å². The Morgan fingerprint density at radius 2 is 0.569 bits per heavy atom. The van der Waals surface area contributed by atoms with Crippen LogP contribution in [0.4, 0.5) is 0 Å². The Kier molecular flexibility index (Phi) is 5.96. The quantitative estimate of drug-likeness (QED) is 0.180. The third kappa shape index (κ3) is 4.00. The lowest BCUT2D eigenvalue weighted by molar-refractivity contribution is 1.13. The van der Waals surface area contributed by atoms with E-state index in [0.29, 0.717) is 0 Å². The van der Waals surface area contributed by atoms with Crippen LogP contribution >= 0.6 is 0 Å². The highest BCUT2D eigenvalue weighted by atomic mass is 15.0. The van der Waals surface area contributed by atoms with Gasteiger partial charge in [-0.25, -0.2) is 0 Å². The van der Waals surface area contributed by atoms with Gasteiger partial charge in [0.15, 0.2) is 0 Å². The molecular weight excluding hydrogens is 619 g/mol. The molecule has 0 radical (unpaired) electrons. The molecule has 3 nitrogen and oxygen atoms in total. The van der Waals surface area contributed by atoms with Crippen LogP contribution in [0.2, 0.25) is 0 Å². The second-order valence-corrected chi connectivity index (χ2v) is 13.3. The molecule has 3 heteroatoms. The molecule has 0 spiro atoms. The van der Waals surface area contributed by atoms with Gasteiger partial charge in [-0.2, -0.15) is 0 Å². The Morgan fingerprint density at radius 1 is 0.255 bits per heavy atom. The molecule has 0 bridgehead atoms. The van der Waals surface area contributed by atoms with Gasteiger partial charge < -0.3 is 13.7 Å². The van der Waals surface area contributed by atoms with Crippen molar-refractivity contribution < 1.29 is 0 Å². The van der Waals surface area contributed by atoms with E-state index in [1.54, 1.807) is 0 Å². The van der Waals surface area contributed by atoms with Gasteiger partial charge in [-0.15, -0.1) is 0 Å². The van der Waals surface area contributed by atoms with Crippen molar-refractivity contribution in [1.29, 1.82) is 0 Å². The molecule has 0 fully saturated rings. The minimum absolute atomic E-state index is 1.13. The van der Waals surface area contributed by atoms with Crippen molar-refractivity contribution in [2.75, 3.05) is 0 Å². The van der Waals surface area contributed by atoms with Crippen molar-refractivity contribution in [3.8, 4) is 28.2 Å². The Morgan fingerprint density at radius 3 is 0.941 bits per heavy atom. The molecule has 11 aromatic rings. The van der Waals surface area contributed by atoms with Crippen molar-refractivity contribution in [3.05, 3.63) is 188 Å². The van der Waals surface area contributed by atoms with Crippen molar-refractivity contribution in [1.82, 2.24) is 13.7 Å². The summed E-state index contributed by atoms with van der Waals surface area (Å²) in [5.74, 6) is 0. The van der Waals surface area contributed by atoms with E-state index in [1.165, 1.54) is 71.0 Å². The highest BCUT2D eigenvalue weighted by Crippen LogP contribution is 2.43. The smallest absolute Gasteiger partial charge is 0.0561 e. The first-order valence-corrected chi connectivity index (χ1v) is 17.5. The average molecular weight is 650 g/mol. The number of fused-ring (bicyclic) bond motifs is 9. The Balaban J connectivity index is 1.28. The third-order valence-electron chi connectivity index (χ3n) is 10.6. The standard InChI is InChI=1S/C48H31N3/c1-7-23-40-34(17-1)35-18-2-8-24-41(35)49(40)33-16-13-15-32(31-33)48-46(50-42-25-9-3-19-36(42)37-20-4-10-26-43(37)50)29-14-30-47(48)51-44-27-11-5-21-38(44)39-22-6-12-28-45(39)51/h1-31H. The van der Waals surface area contributed by atoms with Crippen molar-refractivity contribution >= 4 is 65.4 Å². The fraction of sp³-hybridized carbons (Fsp3) is 0. The van der Waals surface area contributed by atoms with E-state index in [4.69, 9.17) is 0 Å². The van der Waals surface area contributed by atoms with Crippen LogP contribution in [0.3, 0.4) is 0 Å². The maximum absolute atomic E-state index is 2.46. The second-order valence-electron chi connectivity index (χ2n) is 13.3. The zero-order valence-electron chi connectivity index (χ0n) is 27.7. The maximum Gasteiger partial charge on any atom is 0.0561 e. The molecule has 0 aliphatic rings. The fourth-order valence-electron chi connectivity index (χ4n) is 8.56.